The van der Waals surface area contributed by atoms with Crippen LogP contribution in [-0.2, 0) is 0 Å². The Kier molecular flexibility index (Phi) is 4.64. The lowest BCUT2D eigenvalue weighted by molar-refractivity contribution is 0.102. The molecule has 0 aliphatic carbocycles. The van der Waals surface area contributed by atoms with Crippen LogP contribution in [-0.4, -0.2) is 24.0 Å². The minimum Gasteiger partial charge on any atom is -0.371 e. The molecule has 1 saturated heterocycles. The number of aromatic nitrogens is 1. The summed E-state index contributed by atoms with van der Waals surface area (Å²) in [5, 5.41) is 3.07. The Bertz CT molecular complexity index is 702. The van der Waals surface area contributed by atoms with E-state index < -0.39 is 0 Å². The fraction of sp³-hybridized carbons (Fsp3) is 0.250. The molecule has 1 fully saturated rings. The molecule has 1 amide bonds. The molecular weight excluding hydrogens is 366 g/mol. The van der Waals surface area contributed by atoms with Gasteiger partial charge in [-0.15, -0.1) is 0 Å². The molecule has 2 heterocycles. The Morgan fingerprint density at radius 1 is 1.27 bits per heavy atom. The minimum atomic E-state index is -0.266. The molecule has 2 aromatic rings. The number of amides is 1. The lowest BCUT2D eigenvalue weighted by atomic mass is 10.2. The van der Waals surface area contributed by atoms with Crippen LogP contribution in [0.15, 0.2) is 41.0 Å². The Hall–Kier alpha value is -1.59. The predicted molar refractivity (Wildman–Crippen MR) is 92.8 cm³/mol. The summed E-state index contributed by atoms with van der Waals surface area (Å²) < 4.78 is 0.716. The van der Waals surface area contributed by atoms with E-state index >= 15 is 0 Å². The second kappa shape index (κ2) is 6.67. The van der Waals surface area contributed by atoms with Crippen molar-refractivity contribution in [3.05, 3.63) is 51.7 Å². The molecule has 4 nitrogen and oxygen atoms in total. The molecule has 3 rings (SSSR count). The first kappa shape index (κ1) is 15.3. The van der Waals surface area contributed by atoms with Crippen LogP contribution in [0.4, 0.5) is 11.4 Å². The van der Waals surface area contributed by atoms with Gasteiger partial charge in [-0.2, -0.15) is 0 Å². The van der Waals surface area contributed by atoms with Crippen LogP contribution in [0.3, 0.4) is 0 Å². The molecule has 1 aromatic heterocycles. The second-order valence-corrected chi connectivity index (χ2v) is 6.46. The number of hydrogen-bond donors (Lipinski definition) is 1. The van der Waals surface area contributed by atoms with Gasteiger partial charge in [0, 0.05) is 35.1 Å². The predicted octanol–water partition coefficient (Wildman–Crippen LogP) is 4.35. The number of pyridine rings is 1. The summed E-state index contributed by atoms with van der Waals surface area (Å²) in [5.74, 6) is -0.266. The topological polar surface area (TPSA) is 45.2 Å². The van der Waals surface area contributed by atoms with E-state index in [1.165, 1.54) is 12.8 Å². The van der Waals surface area contributed by atoms with E-state index in [9.17, 15) is 4.79 Å². The van der Waals surface area contributed by atoms with Gasteiger partial charge in [-0.1, -0.05) is 17.7 Å². The summed E-state index contributed by atoms with van der Waals surface area (Å²) in [6.07, 6.45) is 4.00. The normalized spacial score (nSPS) is 14.2. The smallest absolute Gasteiger partial charge is 0.258 e. The van der Waals surface area contributed by atoms with Crippen molar-refractivity contribution in [3.8, 4) is 0 Å². The third kappa shape index (κ3) is 3.42. The molecule has 0 bridgehead atoms. The maximum Gasteiger partial charge on any atom is 0.258 e. The number of anilines is 2. The van der Waals surface area contributed by atoms with E-state index in [2.05, 4.69) is 37.2 Å². The molecule has 1 aliphatic heterocycles. The molecule has 0 atom stereocenters. The van der Waals surface area contributed by atoms with Crippen molar-refractivity contribution >= 4 is 44.8 Å². The first-order valence-corrected chi connectivity index (χ1v) is 8.28. The van der Waals surface area contributed by atoms with Crippen molar-refractivity contribution in [1.82, 2.24) is 4.98 Å². The van der Waals surface area contributed by atoms with E-state index in [0.717, 1.165) is 24.5 Å². The number of rotatable bonds is 3. The SMILES string of the molecule is O=C(Nc1cccc(N2CCCC2)c1)c1cc(Br)cnc1Cl. The molecule has 0 radical (unpaired) electrons. The molecule has 1 aliphatic rings. The third-order valence-electron chi connectivity index (χ3n) is 3.63. The van der Waals surface area contributed by atoms with Gasteiger partial charge in [0.25, 0.3) is 5.91 Å². The van der Waals surface area contributed by atoms with Crippen LogP contribution >= 0.6 is 27.5 Å². The first-order chi connectivity index (χ1) is 10.6. The number of hydrogen-bond acceptors (Lipinski definition) is 3. The maximum absolute atomic E-state index is 12.3. The van der Waals surface area contributed by atoms with Gasteiger partial charge in [-0.25, -0.2) is 4.98 Å². The molecule has 0 saturated carbocycles. The molecule has 0 unspecified atom stereocenters. The highest BCUT2D eigenvalue weighted by molar-refractivity contribution is 9.10. The van der Waals surface area contributed by atoms with Gasteiger partial charge in [0.05, 0.1) is 5.56 Å². The highest BCUT2D eigenvalue weighted by atomic mass is 79.9. The average molecular weight is 381 g/mol. The standard InChI is InChI=1S/C16H15BrClN3O/c17-11-8-14(15(18)19-10-11)16(22)20-12-4-3-5-13(9-12)21-6-1-2-7-21/h3-5,8-10H,1-2,6-7H2,(H,20,22). The first-order valence-electron chi connectivity index (χ1n) is 7.11. The van der Waals surface area contributed by atoms with Crippen molar-refractivity contribution in [1.29, 1.82) is 0 Å². The van der Waals surface area contributed by atoms with E-state index in [0.29, 0.717) is 10.0 Å². The maximum atomic E-state index is 12.3. The lowest BCUT2D eigenvalue weighted by Gasteiger charge is -2.18. The van der Waals surface area contributed by atoms with E-state index in [4.69, 9.17) is 11.6 Å². The third-order valence-corrected chi connectivity index (χ3v) is 4.36. The Labute approximate surface area is 142 Å². The number of nitrogens with zero attached hydrogens (tertiary/aromatic N) is 2. The molecule has 1 N–H and O–H groups in total. The zero-order valence-corrected chi connectivity index (χ0v) is 14.2. The summed E-state index contributed by atoms with van der Waals surface area (Å²) in [6.45, 7) is 2.14. The fourth-order valence-electron chi connectivity index (χ4n) is 2.54. The van der Waals surface area contributed by atoms with Crippen LogP contribution in [0.25, 0.3) is 0 Å². The average Bonchev–Trinajstić information content (AvgIpc) is 3.04. The number of benzene rings is 1. The van der Waals surface area contributed by atoms with Crippen LogP contribution in [0.2, 0.25) is 5.15 Å². The Morgan fingerprint density at radius 2 is 2.05 bits per heavy atom. The summed E-state index contributed by atoms with van der Waals surface area (Å²) in [4.78, 5) is 18.6. The van der Waals surface area contributed by atoms with Crippen molar-refractivity contribution in [3.63, 3.8) is 0 Å². The molecule has 1 aromatic carbocycles. The van der Waals surface area contributed by atoms with Crippen LogP contribution in [0.1, 0.15) is 23.2 Å². The number of carbonyl (C=O) groups excluding carboxylic acids is 1. The van der Waals surface area contributed by atoms with Crippen LogP contribution in [0, 0.1) is 0 Å². The molecule has 6 heteroatoms. The van der Waals surface area contributed by atoms with Crippen LogP contribution in [0.5, 0.6) is 0 Å². The summed E-state index contributed by atoms with van der Waals surface area (Å²) in [5.41, 5.74) is 2.24. The zero-order valence-electron chi connectivity index (χ0n) is 11.9. The van der Waals surface area contributed by atoms with Crippen molar-refractivity contribution in [2.75, 3.05) is 23.3 Å². The van der Waals surface area contributed by atoms with Crippen molar-refractivity contribution in [2.24, 2.45) is 0 Å². The monoisotopic (exact) mass is 379 g/mol. The van der Waals surface area contributed by atoms with Crippen molar-refractivity contribution < 1.29 is 4.79 Å². The largest absolute Gasteiger partial charge is 0.371 e. The number of nitrogens with one attached hydrogen (secondary N) is 1. The highest BCUT2D eigenvalue weighted by Gasteiger charge is 2.15. The van der Waals surface area contributed by atoms with Gasteiger partial charge in [-0.3, -0.25) is 4.79 Å². The lowest BCUT2D eigenvalue weighted by Crippen LogP contribution is -2.18. The van der Waals surface area contributed by atoms with Crippen LogP contribution < -0.4 is 10.2 Å². The molecule has 114 valence electrons. The highest BCUT2D eigenvalue weighted by Crippen LogP contribution is 2.24. The van der Waals surface area contributed by atoms with E-state index in [1.807, 2.05) is 18.2 Å². The van der Waals surface area contributed by atoms with Gasteiger partial charge in [0.1, 0.15) is 5.15 Å². The fourth-order valence-corrected chi connectivity index (χ4v) is 3.06. The van der Waals surface area contributed by atoms with Crippen molar-refractivity contribution in [2.45, 2.75) is 12.8 Å². The molecule has 22 heavy (non-hydrogen) atoms. The van der Waals surface area contributed by atoms with Gasteiger partial charge in [0.2, 0.25) is 0 Å². The number of halogens is 2. The van der Waals surface area contributed by atoms with E-state index in [-0.39, 0.29) is 11.1 Å². The van der Waals surface area contributed by atoms with Gasteiger partial charge >= 0.3 is 0 Å². The van der Waals surface area contributed by atoms with Gasteiger partial charge < -0.3 is 10.2 Å². The zero-order chi connectivity index (χ0) is 15.5. The quantitative estimate of drug-likeness (QED) is 0.805. The summed E-state index contributed by atoms with van der Waals surface area (Å²) >= 11 is 9.29. The minimum absolute atomic E-state index is 0.191. The Morgan fingerprint density at radius 3 is 2.82 bits per heavy atom. The summed E-state index contributed by atoms with van der Waals surface area (Å²) in [6, 6.07) is 9.53. The second-order valence-electron chi connectivity index (χ2n) is 5.19. The Balaban J connectivity index is 1.79. The molecular formula is C16H15BrClN3O. The summed E-state index contributed by atoms with van der Waals surface area (Å²) in [7, 11) is 0. The van der Waals surface area contributed by atoms with E-state index in [1.54, 1.807) is 12.3 Å². The molecule has 0 spiro atoms. The van der Waals surface area contributed by atoms with Gasteiger partial charge in [0.15, 0.2) is 0 Å². The van der Waals surface area contributed by atoms with Gasteiger partial charge in [-0.05, 0) is 53.0 Å². The number of carbonyl (C=O) groups is 1.